The first-order chi connectivity index (χ1) is 18.4. The van der Waals surface area contributed by atoms with Crippen molar-refractivity contribution in [1.29, 1.82) is 10.8 Å². The Labute approximate surface area is 220 Å². The molecule has 4 rings (SSSR count). The average Bonchev–Trinajstić information content (AvgIpc) is 2.90. The molecule has 1 aliphatic rings. The van der Waals surface area contributed by atoms with E-state index in [-0.39, 0.29) is 54.0 Å². The van der Waals surface area contributed by atoms with Crippen LogP contribution in [0.3, 0.4) is 0 Å². The molecule has 1 aliphatic heterocycles. The molecule has 1 aromatic heterocycles. The molecule has 3 aromatic rings. The summed E-state index contributed by atoms with van der Waals surface area (Å²) in [6.45, 7) is 6.66. The van der Waals surface area contributed by atoms with E-state index < -0.39 is 0 Å². The number of aliphatic hydroxyl groups is 1. The fourth-order valence-corrected chi connectivity index (χ4v) is 4.33. The van der Waals surface area contributed by atoms with E-state index in [1.54, 1.807) is 23.1 Å². The standard InChI is InChI=1S/C28H29FN8O/c1-17-6-5-7-19-12-21(37(18(2)24(17)19)23-9-4-3-8-22(23)29)15-34-28-25(27(32)35-16-36-28)26(31)20(13-30)14-33-10-11-38/h3-9,12-14,16,30-31,33,38H,2,10-11,15H2,1H3,(H3,32,34,35,36)/b20-14+,30-13?,31-26?. The van der Waals surface area contributed by atoms with Crippen LogP contribution in [0.5, 0.6) is 0 Å². The second-order valence-electron chi connectivity index (χ2n) is 8.54. The summed E-state index contributed by atoms with van der Waals surface area (Å²) in [6.07, 6.45) is 5.71. The Bertz CT molecular complexity index is 1460. The van der Waals surface area contributed by atoms with Gasteiger partial charge in [-0.25, -0.2) is 14.4 Å². The molecular weight excluding hydrogens is 483 g/mol. The van der Waals surface area contributed by atoms with Gasteiger partial charge >= 0.3 is 0 Å². The smallest absolute Gasteiger partial charge is 0.147 e. The first kappa shape index (κ1) is 26.2. The van der Waals surface area contributed by atoms with Crippen molar-refractivity contribution in [1.82, 2.24) is 15.3 Å². The van der Waals surface area contributed by atoms with Crippen LogP contribution in [-0.2, 0) is 0 Å². The lowest BCUT2D eigenvalue weighted by Crippen LogP contribution is -2.29. The van der Waals surface area contributed by atoms with Crippen LogP contribution in [0.1, 0.15) is 22.3 Å². The van der Waals surface area contributed by atoms with Crippen molar-refractivity contribution in [2.45, 2.75) is 6.92 Å². The summed E-state index contributed by atoms with van der Waals surface area (Å²) in [6, 6.07) is 12.4. The van der Waals surface area contributed by atoms with Crippen molar-refractivity contribution >= 4 is 41.0 Å². The molecule has 7 N–H and O–H groups in total. The highest BCUT2D eigenvalue weighted by Gasteiger charge is 2.27. The predicted octanol–water partition coefficient (Wildman–Crippen LogP) is 3.93. The quantitative estimate of drug-likeness (QED) is 0.178. The molecule has 0 saturated heterocycles. The molecule has 38 heavy (non-hydrogen) atoms. The maximum Gasteiger partial charge on any atom is 0.147 e. The second kappa shape index (κ2) is 11.5. The number of aromatic nitrogens is 2. The summed E-state index contributed by atoms with van der Waals surface area (Å²) >= 11 is 0. The lowest BCUT2D eigenvalue weighted by Gasteiger charge is -2.35. The summed E-state index contributed by atoms with van der Waals surface area (Å²) in [5.74, 6) is -0.0368. The highest BCUT2D eigenvalue weighted by Crippen LogP contribution is 2.39. The number of rotatable bonds is 10. The number of hydrogen-bond acceptors (Lipinski definition) is 9. The number of nitrogen functional groups attached to an aromatic ring is 1. The average molecular weight is 513 g/mol. The van der Waals surface area contributed by atoms with Gasteiger partial charge < -0.3 is 31.8 Å². The minimum absolute atomic E-state index is 0.0661. The zero-order chi connectivity index (χ0) is 27.2. The molecule has 0 spiro atoms. The van der Waals surface area contributed by atoms with Crippen molar-refractivity contribution in [2.75, 3.05) is 35.6 Å². The van der Waals surface area contributed by atoms with Crippen molar-refractivity contribution in [3.63, 3.8) is 0 Å². The van der Waals surface area contributed by atoms with Gasteiger partial charge in [0.2, 0.25) is 0 Å². The predicted molar refractivity (Wildman–Crippen MR) is 151 cm³/mol. The number of halogens is 1. The lowest BCUT2D eigenvalue weighted by molar-refractivity contribution is 0.298. The fraction of sp³-hybridized carbons (Fsp3) is 0.143. The van der Waals surface area contributed by atoms with Crippen LogP contribution in [0, 0.1) is 23.6 Å². The number of hydrogen-bond donors (Lipinski definition) is 6. The number of benzene rings is 2. The SMILES string of the molecule is C=C1c2c(C)cccc2C=C(CNc2ncnc(N)c2C(=N)/C(C=N)=C/NCCO)N1c1ccccc1F. The maximum atomic E-state index is 15.0. The van der Waals surface area contributed by atoms with Crippen LogP contribution < -0.4 is 21.3 Å². The van der Waals surface area contributed by atoms with Gasteiger partial charge in [-0.3, -0.25) is 5.41 Å². The van der Waals surface area contributed by atoms with Crippen molar-refractivity contribution in [3.05, 3.63) is 101 Å². The highest BCUT2D eigenvalue weighted by atomic mass is 19.1. The topological polar surface area (TPSA) is 147 Å². The van der Waals surface area contributed by atoms with Gasteiger partial charge in [-0.15, -0.1) is 0 Å². The molecule has 10 heteroatoms. The van der Waals surface area contributed by atoms with Gasteiger partial charge in [-0.2, -0.15) is 0 Å². The number of anilines is 3. The molecule has 0 aliphatic carbocycles. The van der Waals surface area contributed by atoms with E-state index in [0.29, 0.717) is 17.1 Å². The Morgan fingerprint density at radius 2 is 2.00 bits per heavy atom. The van der Waals surface area contributed by atoms with Crippen LogP contribution in [0.2, 0.25) is 0 Å². The normalized spacial score (nSPS) is 13.0. The summed E-state index contributed by atoms with van der Waals surface area (Å²) in [5.41, 5.74) is 11.1. The van der Waals surface area contributed by atoms with Crippen LogP contribution in [0.4, 0.5) is 21.7 Å². The molecular formula is C28H29FN8O. The molecule has 0 fully saturated rings. The molecule has 194 valence electrons. The Morgan fingerprint density at radius 1 is 1.21 bits per heavy atom. The van der Waals surface area contributed by atoms with Gasteiger partial charge in [0.1, 0.15) is 23.8 Å². The monoisotopic (exact) mass is 512 g/mol. The molecule has 2 aromatic carbocycles. The Morgan fingerprint density at radius 3 is 2.74 bits per heavy atom. The van der Waals surface area contributed by atoms with Gasteiger partial charge in [0.25, 0.3) is 0 Å². The summed E-state index contributed by atoms with van der Waals surface area (Å²) in [4.78, 5) is 10.1. The van der Waals surface area contributed by atoms with Crippen LogP contribution in [0.25, 0.3) is 11.8 Å². The molecule has 0 amide bonds. The van der Waals surface area contributed by atoms with Crippen molar-refractivity contribution in [3.8, 4) is 0 Å². The van der Waals surface area contributed by atoms with Gasteiger partial charge in [0.05, 0.1) is 30.1 Å². The first-order valence-corrected chi connectivity index (χ1v) is 11.9. The van der Waals surface area contributed by atoms with E-state index in [1.807, 2.05) is 31.2 Å². The van der Waals surface area contributed by atoms with Gasteiger partial charge in [0.15, 0.2) is 0 Å². The summed E-state index contributed by atoms with van der Waals surface area (Å²) in [7, 11) is 0. The largest absolute Gasteiger partial charge is 0.395 e. The minimum Gasteiger partial charge on any atom is -0.395 e. The van der Waals surface area contributed by atoms with E-state index in [0.717, 1.165) is 22.9 Å². The van der Waals surface area contributed by atoms with Crippen LogP contribution in [0.15, 0.2) is 72.8 Å². The molecule has 0 bridgehead atoms. The highest BCUT2D eigenvalue weighted by molar-refractivity contribution is 6.25. The third-order valence-electron chi connectivity index (χ3n) is 6.09. The number of nitrogens with zero attached hydrogens (tertiary/aromatic N) is 3. The van der Waals surface area contributed by atoms with Gasteiger partial charge in [0, 0.05) is 41.5 Å². The van der Waals surface area contributed by atoms with Crippen molar-refractivity contribution in [2.24, 2.45) is 0 Å². The van der Waals surface area contributed by atoms with Crippen molar-refractivity contribution < 1.29 is 9.50 Å². The van der Waals surface area contributed by atoms with Crippen LogP contribution >= 0.6 is 0 Å². The van der Waals surface area contributed by atoms with Gasteiger partial charge in [-0.05, 0) is 36.3 Å². The molecule has 0 unspecified atom stereocenters. The molecule has 0 atom stereocenters. The van der Waals surface area contributed by atoms with E-state index in [2.05, 4.69) is 27.2 Å². The van der Waals surface area contributed by atoms with E-state index in [9.17, 15) is 4.39 Å². The molecule has 2 heterocycles. The molecule has 0 saturated carbocycles. The summed E-state index contributed by atoms with van der Waals surface area (Å²) in [5, 5.41) is 31.5. The van der Waals surface area contributed by atoms with Gasteiger partial charge in [-0.1, -0.05) is 36.9 Å². The van der Waals surface area contributed by atoms with E-state index in [1.165, 1.54) is 18.6 Å². The minimum atomic E-state index is -0.388. The van der Waals surface area contributed by atoms with Crippen LogP contribution in [-0.4, -0.2) is 46.7 Å². The molecule has 0 radical (unpaired) electrons. The Kier molecular flexibility index (Phi) is 7.93. The number of allylic oxidation sites excluding steroid dienone is 1. The fourth-order valence-electron chi connectivity index (χ4n) is 4.33. The number of para-hydroxylation sites is 1. The van der Waals surface area contributed by atoms with E-state index >= 15 is 0 Å². The third-order valence-corrected chi connectivity index (χ3v) is 6.09. The Hall–Kier alpha value is -4.83. The number of aliphatic hydroxyl groups excluding tert-OH is 1. The number of fused-ring (bicyclic) bond motifs is 1. The lowest BCUT2D eigenvalue weighted by atomic mass is 9.93. The first-order valence-electron chi connectivity index (χ1n) is 11.9. The maximum absolute atomic E-state index is 15.0. The molecule has 9 nitrogen and oxygen atoms in total. The second-order valence-corrected chi connectivity index (χ2v) is 8.54. The summed E-state index contributed by atoms with van der Waals surface area (Å²) < 4.78 is 15.0. The van der Waals surface area contributed by atoms with E-state index in [4.69, 9.17) is 21.7 Å². The third kappa shape index (κ3) is 5.16. The number of nitrogens with one attached hydrogen (secondary N) is 4. The zero-order valence-electron chi connectivity index (χ0n) is 20.9. The zero-order valence-corrected chi connectivity index (χ0v) is 20.9. The Balaban J connectivity index is 1.72. The number of nitrogens with two attached hydrogens (primary N) is 1. The number of aryl methyl sites for hydroxylation is 1.